The number of thiophene rings is 1. The second-order valence-corrected chi connectivity index (χ2v) is 14.1. The largest absolute Gasteiger partial charge is 0.256 e. The Kier molecular flexibility index (Phi) is 6.09. The second-order valence-electron chi connectivity index (χ2n) is 13.0. The van der Waals surface area contributed by atoms with Crippen molar-refractivity contribution in [2.75, 3.05) is 0 Å². The molecule has 5 heteroatoms. The quantitative estimate of drug-likeness (QED) is 0.176. The average Bonchev–Trinajstić information content (AvgIpc) is 3.59. The maximum absolute atomic E-state index is 5.24. The van der Waals surface area contributed by atoms with Gasteiger partial charge in [0.15, 0.2) is 0 Å². The minimum Gasteiger partial charge on any atom is -0.256 e. The zero-order valence-electron chi connectivity index (χ0n) is 27.2. The first kappa shape index (κ1) is 28.3. The van der Waals surface area contributed by atoms with Crippen molar-refractivity contribution in [1.29, 1.82) is 0 Å². The van der Waals surface area contributed by atoms with Crippen LogP contribution in [-0.4, -0.2) is 19.9 Å². The van der Waals surface area contributed by atoms with Gasteiger partial charge in [-0.2, -0.15) is 0 Å². The summed E-state index contributed by atoms with van der Waals surface area (Å²) in [6.45, 7) is 0. The van der Waals surface area contributed by atoms with Gasteiger partial charge >= 0.3 is 0 Å². The zero-order chi connectivity index (χ0) is 33.5. The number of para-hydroxylation sites is 1. The van der Waals surface area contributed by atoms with Gasteiger partial charge in [0.1, 0.15) is 0 Å². The van der Waals surface area contributed by atoms with Crippen LogP contribution in [0.15, 0.2) is 158 Å². The van der Waals surface area contributed by atoms with E-state index in [2.05, 4.69) is 138 Å². The molecule has 0 spiro atoms. The molecule has 0 saturated heterocycles. The SMILES string of the molecule is c1cnc2c(c1)ccc1c(-c3ccc4ncc(-c5ccc(-c6nc7ccccc7c7c6ccc6c8ccccc8sc67)cc5)cc4c3)ccnc12. The van der Waals surface area contributed by atoms with E-state index in [0.717, 1.165) is 71.7 Å². The van der Waals surface area contributed by atoms with Crippen LogP contribution in [0.3, 0.4) is 0 Å². The number of hydrogen-bond donors (Lipinski definition) is 0. The van der Waals surface area contributed by atoms with Crippen LogP contribution in [0.25, 0.3) is 108 Å². The summed E-state index contributed by atoms with van der Waals surface area (Å²) in [6, 6.07) is 49.7. The Morgan fingerprint density at radius 1 is 0.431 bits per heavy atom. The third-order valence-electron chi connectivity index (χ3n) is 10.2. The summed E-state index contributed by atoms with van der Waals surface area (Å²) >= 11 is 1.87. The Hall–Kier alpha value is -6.56. The molecule has 51 heavy (non-hydrogen) atoms. The highest BCUT2D eigenvalue weighted by atomic mass is 32.1. The summed E-state index contributed by atoms with van der Waals surface area (Å²) < 4.78 is 2.62. The first-order valence-corrected chi connectivity index (χ1v) is 17.8. The van der Waals surface area contributed by atoms with Gasteiger partial charge in [-0.25, -0.2) is 4.98 Å². The molecule has 0 fully saturated rings. The van der Waals surface area contributed by atoms with Crippen molar-refractivity contribution in [3.8, 4) is 33.5 Å². The van der Waals surface area contributed by atoms with Crippen LogP contribution in [0, 0.1) is 0 Å². The van der Waals surface area contributed by atoms with E-state index in [1.807, 2.05) is 36.0 Å². The van der Waals surface area contributed by atoms with Gasteiger partial charge in [0, 0.05) is 82.2 Å². The topological polar surface area (TPSA) is 51.6 Å². The van der Waals surface area contributed by atoms with Crippen molar-refractivity contribution < 1.29 is 0 Å². The lowest BCUT2D eigenvalue weighted by Crippen LogP contribution is -1.91. The van der Waals surface area contributed by atoms with Crippen LogP contribution in [0.4, 0.5) is 0 Å². The van der Waals surface area contributed by atoms with Crippen LogP contribution in [0.2, 0.25) is 0 Å². The number of benzene rings is 6. The molecule has 0 aliphatic carbocycles. The van der Waals surface area contributed by atoms with Crippen molar-refractivity contribution in [3.05, 3.63) is 158 Å². The minimum atomic E-state index is 0.916. The number of hydrogen-bond acceptors (Lipinski definition) is 5. The predicted molar refractivity (Wildman–Crippen MR) is 214 cm³/mol. The molecular weight excluding hydrogens is 641 g/mol. The maximum atomic E-state index is 5.24. The monoisotopic (exact) mass is 666 g/mol. The van der Waals surface area contributed by atoms with Gasteiger partial charge in [0.25, 0.3) is 0 Å². The molecule has 0 atom stereocenters. The Morgan fingerprint density at radius 2 is 1.20 bits per heavy atom. The van der Waals surface area contributed by atoms with Crippen molar-refractivity contribution in [2.45, 2.75) is 0 Å². The van der Waals surface area contributed by atoms with Crippen LogP contribution < -0.4 is 0 Å². The summed E-state index contributed by atoms with van der Waals surface area (Å²) in [4.78, 5) is 19.5. The molecule has 236 valence electrons. The van der Waals surface area contributed by atoms with E-state index in [4.69, 9.17) is 15.0 Å². The lowest BCUT2D eigenvalue weighted by molar-refractivity contribution is 1.37. The van der Waals surface area contributed by atoms with E-state index in [-0.39, 0.29) is 0 Å². The highest BCUT2D eigenvalue weighted by molar-refractivity contribution is 7.26. The zero-order valence-corrected chi connectivity index (χ0v) is 28.0. The molecule has 11 rings (SSSR count). The third kappa shape index (κ3) is 4.38. The lowest BCUT2D eigenvalue weighted by atomic mass is 9.96. The fourth-order valence-corrected chi connectivity index (χ4v) is 8.98. The Labute approximate surface area is 296 Å². The van der Waals surface area contributed by atoms with Crippen LogP contribution in [0.5, 0.6) is 0 Å². The highest BCUT2D eigenvalue weighted by Gasteiger charge is 2.16. The van der Waals surface area contributed by atoms with Crippen LogP contribution in [-0.2, 0) is 0 Å². The predicted octanol–water partition coefficient (Wildman–Crippen LogP) is 12.4. The van der Waals surface area contributed by atoms with E-state index in [9.17, 15) is 0 Å². The fourth-order valence-electron chi connectivity index (χ4n) is 7.72. The van der Waals surface area contributed by atoms with E-state index in [0.29, 0.717) is 0 Å². The Morgan fingerprint density at radius 3 is 2.14 bits per heavy atom. The van der Waals surface area contributed by atoms with E-state index in [1.165, 1.54) is 36.3 Å². The van der Waals surface area contributed by atoms with Crippen LogP contribution >= 0.6 is 11.3 Å². The average molecular weight is 667 g/mol. The molecule has 5 heterocycles. The molecule has 0 bridgehead atoms. The number of aromatic nitrogens is 4. The Bertz CT molecular complexity index is 3200. The minimum absolute atomic E-state index is 0.916. The first-order valence-electron chi connectivity index (χ1n) is 17.0. The molecule has 0 aliphatic rings. The first-order chi connectivity index (χ1) is 25.3. The molecular formula is C46H26N4S. The molecule has 0 radical (unpaired) electrons. The van der Waals surface area contributed by atoms with Gasteiger partial charge in [0.05, 0.1) is 27.8 Å². The lowest BCUT2D eigenvalue weighted by Gasteiger charge is -2.12. The van der Waals surface area contributed by atoms with Gasteiger partial charge in [-0.15, -0.1) is 11.3 Å². The standard InChI is InChI=1S/C46H26N4S/c1-3-9-40-37(8-1)42-38(19-18-36-34-7-2-4-10-41(34)51-46(36)42)43(50-40)29-13-11-27(12-14-29)32-25-31-24-30(16-20-39(31)49-26-32)33-21-23-48-45-35(33)17-15-28-6-5-22-47-44(28)45/h1-26H. The smallest absolute Gasteiger partial charge is 0.0970 e. The molecule has 6 aromatic carbocycles. The van der Waals surface area contributed by atoms with E-state index in [1.54, 1.807) is 0 Å². The molecule has 0 aliphatic heterocycles. The van der Waals surface area contributed by atoms with Gasteiger partial charge < -0.3 is 0 Å². The Balaban J connectivity index is 1.01. The van der Waals surface area contributed by atoms with Crippen molar-refractivity contribution in [3.63, 3.8) is 0 Å². The fraction of sp³-hybridized carbons (Fsp3) is 0. The maximum Gasteiger partial charge on any atom is 0.0970 e. The third-order valence-corrected chi connectivity index (χ3v) is 11.4. The van der Waals surface area contributed by atoms with Crippen LogP contribution in [0.1, 0.15) is 0 Å². The number of fused-ring (bicyclic) bond motifs is 11. The summed E-state index contributed by atoms with van der Waals surface area (Å²) in [6.07, 6.45) is 5.68. The van der Waals surface area contributed by atoms with E-state index >= 15 is 0 Å². The number of pyridine rings is 4. The summed E-state index contributed by atoms with van der Waals surface area (Å²) in [5.41, 5.74) is 10.4. The second kappa shape index (κ2) is 11.0. The number of nitrogens with zero attached hydrogens (tertiary/aromatic N) is 4. The van der Waals surface area contributed by atoms with Gasteiger partial charge in [-0.1, -0.05) is 97.1 Å². The van der Waals surface area contributed by atoms with Gasteiger partial charge in [-0.3, -0.25) is 15.0 Å². The van der Waals surface area contributed by atoms with Crippen molar-refractivity contribution in [2.24, 2.45) is 0 Å². The molecule has 5 aromatic heterocycles. The van der Waals surface area contributed by atoms with Crippen molar-refractivity contribution in [1.82, 2.24) is 19.9 Å². The van der Waals surface area contributed by atoms with E-state index < -0.39 is 0 Å². The molecule has 0 unspecified atom stereocenters. The normalized spacial score (nSPS) is 11.9. The molecule has 0 saturated carbocycles. The highest BCUT2D eigenvalue weighted by Crippen LogP contribution is 2.43. The molecule has 0 N–H and O–H groups in total. The summed E-state index contributed by atoms with van der Waals surface area (Å²) in [7, 11) is 0. The number of rotatable bonds is 3. The van der Waals surface area contributed by atoms with Gasteiger partial charge in [0.2, 0.25) is 0 Å². The summed E-state index contributed by atoms with van der Waals surface area (Å²) in [5.74, 6) is 0. The molecule has 0 amide bonds. The molecule has 4 nitrogen and oxygen atoms in total. The van der Waals surface area contributed by atoms with Crippen molar-refractivity contribution >= 4 is 85.9 Å². The van der Waals surface area contributed by atoms with Gasteiger partial charge in [-0.05, 0) is 59.2 Å². The summed E-state index contributed by atoms with van der Waals surface area (Å²) in [5, 5.41) is 9.52. The molecule has 11 aromatic rings.